The number of benzene rings is 1. The molecule has 0 spiro atoms. The quantitative estimate of drug-likeness (QED) is 0.789. The van der Waals surface area contributed by atoms with Crippen LogP contribution in [-0.2, 0) is 16.0 Å². The maximum absolute atomic E-state index is 12.0. The van der Waals surface area contributed by atoms with Crippen molar-refractivity contribution in [1.82, 2.24) is 15.5 Å². The van der Waals surface area contributed by atoms with Gasteiger partial charge < -0.3 is 20.4 Å². The van der Waals surface area contributed by atoms with Gasteiger partial charge in [-0.05, 0) is 58.0 Å². The molecule has 6 nitrogen and oxygen atoms in total. The number of amides is 2. The molecule has 0 radical (unpaired) electrons. The molecule has 6 heteroatoms. The average Bonchev–Trinajstić information content (AvgIpc) is 2.54. The third kappa shape index (κ3) is 4.95. The summed E-state index contributed by atoms with van der Waals surface area (Å²) in [4.78, 5) is 28.1. The predicted molar refractivity (Wildman–Crippen MR) is 101 cm³/mol. The number of hydrogen-bond acceptors (Lipinski definition) is 4. The first-order valence-electron chi connectivity index (χ1n) is 8.88. The molecule has 0 fully saturated rings. The van der Waals surface area contributed by atoms with Crippen LogP contribution in [0.4, 0.5) is 5.69 Å². The zero-order valence-corrected chi connectivity index (χ0v) is 15.9. The minimum Gasteiger partial charge on any atom is -0.374 e. The number of nitrogens with one attached hydrogen (secondary N) is 2. The normalized spacial score (nSPS) is 15.1. The standard InChI is InChI=1S/C19H30N4O2/c1-13(2)21-19(25)18(24)20-12-17(22(3)4)15-8-9-16-14(11-15)7-6-10-23(16)5/h8-9,11,13,17H,6-7,10,12H2,1-5H3,(H,20,24)(H,21,25)/t17-/m0/s1. The second kappa shape index (κ2) is 8.34. The molecule has 138 valence electrons. The number of carbonyl (C=O) groups excluding carboxylic acids is 2. The highest BCUT2D eigenvalue weighted by Crippen LogP contribution is 2.29. The molecule has 2 amide bonds. The van der Waals surface area contributed by atoms with E-state index >= 15 is 0 Å². The fourth-order valence-electron chi connectivity index (χ4n) is 3.21. The molecule has 2 N–H and O–H groups in total. The van der Waals surface area contributed by atoms with Crippen molar-refractivity contribution in [2.24, 2.45) is 0 Å². The number of hydrogen-bond donors (Lipinski definition) is 2. The Labute approximate surface area is 150 Å². The van der Waals surface area contributed by atoms with Crippen LogP contribution in [-0.4, -0.2) is 57.0 Å². The lowest BCUT2D eigenvalue weighted by Crippen LogP contribution is -2.45. The molecule has 1 aliphatic rings. The number of carbonyl (C=O) groups is 2. The lowest BCUT2D eigenvalue weighted by atomic mass is 9.96. The molecule has 1 atom stereocenters. The molecular weight excluding hydrogens is 316 g/mol. The van der Waals surface area contributed by atoms with Crippen molar-refractivity contribution in [3.8, 4) is 0 Å². The lowest BCUT2D eigenvalue weighted by molar-refractivity contribution is -0.139. The molecule has 0 aromatic heterocycles. The third-order valence-corrected chi connectivity index (χ3v) is 4.54. The van der Waals surface area contributed by atoms with Gasteiger partial charge in [0.05, 0.1) is 6.04 Å². The van der Waals surface area contributed by atoms with Crippen molar-refractivity contribution in [1.29, 1.82) is 0 Å². The minimum atomic E-state index is -0.585. The van der Waals surface area contributed by atoms with Crippen molar-refractivity contribution >= 4 is 17.5 Å². The van der Waals surface area contributed by atoms with Crippen LogP contribution in [0.25, 0.3) is 0 Å². The summed E-state index contributed by atoms with van der Waals surface area (Å²) in [6.07, 6.45) is 2.24. The smallest absolute Gasteiger partial charge is 0.309 e. The maximum atomic E-state index is 12.0. The Morgan fingerprint density at radius 3 is 2.60 bits per heavy atom. The molecular formula is C19H30N4O2. The fraction of sp³-hybridized carbons (Fsp3) is 0.579. The minimum absolute atomic E-state index is 0.0216. The van der Waals surface area contributed by atoms with Gasteiger partial charge in [-0.1, -0.05) is 12.1 Å². The van der Waals surface area contributed by atoms with Crippen molar-refractivity contribution < 1.29 is 9.59 Å². The summed E-state index contributed by atoms with van der Waals surface area (Å²) in [6.45, 7) is 5.15. The molecule has 0 bridgehead atoms. The van der Waals surface area contributed by atoms with E-state index in [4.69, 9.17) is 0 Å². The van der Waals surface area contributed by atoms with Crippen molar-refractivity contribution in [3.05, 3.63) is 29.3 Å². The molecule has 0 saturated heterocycles. The Morgan fingerprint density at radius 1 is 1.24 bits per heavy atom. The van der Waals surface area contributed by atoms with Crippen LogP contribution in [0.3, 0.4) is 0 Å². The second-order valence-corrected chi connectivity index (χ2v) is 7.23. The highest BCUT2D eigenvalue weighted by Gasteiger charge is 2.21. The average molecular weight is 346 g/mol. The first kappa shape index (κ1) is 19.2. The Balaban J connectivity index is 2.08. The third-order valence-electron chi connectivity index (χ3n) is 4.54. The van der Waals surface area contributed by atoms with Crippen molar-refractivity contribution in [2.45, 2.75) is 38.8 Å². The first-order valence-corrected chi connectivity index (χ1v) is 8.88. The van der Waals surface area contributed by atoms with Crippen LogP contribution in [0, 0.1) is 0 Å². The molecule has 25 heavy (non-hydrogen) atoms. The molecule has 0 unspecified atom stereocenters. The van der Waals surface area contributed by atoms with Crippen LogP contribution in [0.5, 0.6) is 0 Å². The Kier molecular flexibility index (Phi) is 6.42. The van der Waals surface area contributed by atoms with Gasteiger partial charge in [0.25, 0.3) is 0 Å². The van der Waals surface area contributed by atoms with Gasteiger partial charge >= 0.3 is 11.8 Å². The summed E-state index contributed by atoms with van der Waals surface area (Å²) < 4.78 is 0. The topological polar surface area (TPSA) is 64.7 Å². The number of rotatable bonds is 5. The van der Waals surface area contributed by atoms with Crippen LogP contribution in [0.15, 0.2) is 18.2 Å². The summed E-state index contributed by atoms with van der Waals surface area (Å²) in [6, 6.07) is 6.48. The van der Waals surface area contributed by atoms with E-state index in [0.29, 0.717) is 6.54 Å². The van der Waals surface area contributed by atoms with Gasteiger partial charge in [0.2, 0.25) is 0 Å². The maximum Gasteiger partial charge on any atom is 0.309 e. The van der Waals surface area contributed by atoms with E-state index in [9.17, 15) is 9.59 Å². The number of anilines is 1. The predicted octanol–water partition coefficient (Wildman–Crippen LogP) is 1.31. The highest BCUT2D eigenvalue weighted by molar-refractivity contribution is 6.35. The van der Waals surface area contributed by atoms with Gasteiger partial charge in [-0.3, -0.25) is 9.59 Å². The summed E-state index contributed by atoms with van der Waals surface area (Å²) in [5.41, 5.74) is 3.79. The molecule has 1 aromatic rings. The van der Waals surface area contributed by atoms with Crippen LogP contribution in [0.2, 0.25) is 0 Å². The molecule has 1 aromatic carbocycles. The van der Waals surface area contributed by atoms with Crippen molar-refractivity contribution in [3.63, 3.8) is 0 Å². The molecule has 0 aliphatic carbocycles. The fourth-order valence-corrected chi connectivity index (χ4v) is 3.21. The Hall–Kier alpha value is -2.08. The first-order chi connectivity index (χ1) is 11.8. The van der Waals surface area contributed by atoms with Crippen molar-refractivity contribution in [2.75, 3.05) is 39.1 Å². The van der Waals surface area contributed by atoms with E-state index in [1.165, 1.54) is 11.3 Å². The van der Waals surface area contributed by atoms with Gasteiger partial charge in [0.1, 0.15) is 0 Å². The SMILES string of the molecule is CC(C)NC(=O)C(=O)NC[C@@H](c1ccc2c(c1)CCCN2C)N(C)C. The van der Waals surface area contributed by atoms with Gasteiger partial charge in [-0.15, -0.1) is 0 Å². The Bertz CT molecular complexity index is 628. The van der Waals surface area contributed by atoms with Crippen LogP contribution < -0.4 is 15.5 Å². The van der Waals surface area contributed by atoms with Gasteiger partial charge in [0, 0.05) is 31.9 Å². The van der Waals surface area contributed by atoms with E-state index in [1.807, 2.05) is 27.9 Å². The van der Waals surface area contributed by atoms with E-state index in [2.05, 4.69) is 45.7 Å². The summed E-state index contributed by atoms with van der Waals surface area (Å²) in [5, 5.41) is 5.36. The van der Waals surface area contributed by atoms with Crippen LogP contribution in [0.1, 0.15) is 37.4 Å². The summed E-state index contributed by atoms with van der Waals surface area (Å²) in [7, 11) is 6.09. The summed E-state index contributed by atoms with van der Waals surface area (Å²) >= 11 is 0. The molecule has 0 saturated carbocycles. The zero-order valence-electron chi connectivity index (χ0n) is 15.9. The molecule has 1 aliphatic heterocycles. The van der Waals surface area contributed by atoms with E-state index < -0.39 is 11.8 Å². The zero-order chi connectivity index (χ0) is 18.6. The van der Waals surface area contributed by atoms with Gasteiger partial charge in [0.15, 0.2) is 0 Å². The molecule has 2 rings (SSSR count). The summed E-state index contributed by atoms with van der Waals surface area (Å²) in [5.74, 6) is -1.17. The number of nitrogens with zero attached hydrogens (tertiary/aromatic N) is 2. The second-order valence-electron chi connectivity index (χ2n) is 7.23. The van der Waals surface area contributed by atoms with Gasteiger partial charge in [-0.2, -0.15) is 0 Å². The van der Waals surface area contributed by atoms with E-state index in [1.54, 1.807) is 0 Å². The van der Waals surface area contributed by atoms with E-state index in [-0.39, 0.29) is 12.1 Å². The number of aryl methyl sites for hydroxylation is 1. The largest absolute Gasteiger partial charge is 0.374 e. The number of fused-ring (bicyclic) bond motifs is 1. The highest BCUT2D eigenvalue weighted by atomic mass is 16.2. The van der Waals surface area contributed by atoms with Crippen LogP contribution >= 0.6 is 0 Å². The monoisotopic (exact) mass is 346 g/mol. The lowest BCUT2D eigenvalue weighted by Gasteiger charge is -2.30. The Morgan fingerprint density at radius 2 is 1.96 bits per heavy atom. The molecule has 1 heterocycles. The van der Waals surface area contributed by atoms with Gasteiger partial charge in [-0.25, -0.2) is 0 Å². The van der Waals surface area contributed by atoms with E-state index in [0.717, 1.165) is 24.9 Å². The number of likely N-dealkylation sites (N-methyl/N-ethyl adjacent to an activating group) is 1.